The second kappa shape index (κ2) is 49.1. The smallest absolute Gasteiger partial charge is 0.306 e. The first kappa shape index (κ1) is 59.1. The average molecular weight is 858 g/mol. The average Bonchev–Trinajstić information content (AvgIpc) is 3.25. The van der Waals surface area contributed by atoms with Crippen molar-refractivity contribution in [3.63, 3.8) is 0 Å². The molecule has 0 saturated heterocycles. The Labute approximate surface area is 379 Å². The molecule has 0 fully saturated rings. The third-order valence-corrected chi connectivity index (χ3v) is 12.2. The van der Waals surface area contributed by atoms with Crippen molar-refractivity contribution < 1.29 is 24.5 Å². The van der Waals surface area contributed by atoms with Crippen LogP contribution in [0.1, 0.15) is 278 Å². The maximum atomic E-state index is 13.2. The topological polar surface area (TPSA) is 95.9 Å². The lowest BCUT2D eigenvalue weighted by Crippen LogP contribution is -2.46. The molecule has 0 saturated carbocycles. The van der Waals surface area contributed by atoms with Crippen molar-refractivity contribution in [3.8, 4) is 0 Å². The summed E-state index contributed by atoms with van der Waals surface area (Å²) in [4.78, 5) is 26.2. The number of hydrogen-bond acceptors (Lipinski definition) is 5. The maximum Gasteiger partial charge on any atom is 0.306 e. The van der Waals surface area contributed by atoms with E-state index in [2.05, 4.69) is 62.5 Å². The molecule has 0 spiro atoms. The lowest BCUT2D eigenvalue weighted by atomic mass is 10.0. The van der Waals surface area contributed by atoms with Crippen LogP contribution in [-0.2, 0) is 14.3 Å². The van der Waals surface area contributed by atoms with Crippen LogP contribution >= 0.6 is 0 Å². The van der Waals surface area contributed by atoms with Gasteiger partial charge in [-0.05, 0) is 77.0 Å². The first-order valence-electron chi connectivity index (χ1n) is 26.7. The predicted octanol–water partition coefficient (Wildman–Crippen LogP) is 16.1. The number of aliphatic hydroxyl groups excluding tert-OH is 2. The summed E-state index contributed by atoms with van der Waals surface area (Å²) in [7, 11) is 0. The van der Waals surface area contributed by atoms with E-state index in [1.807, 2.05) is 0 Å². The molecular formula is C55H103NO5. The molecule has 61 heavy (non-hydrogen) atoms. The number of carbonyl (C=O) groups excluding carboxylic acids is 2. The Morgan fingerprint density at radius 3 is 1.36 bits per heavy atom. The van der Waals surface area contributed by atoms with Crippen molar-refractivity contribution in [2.24, 2.45) is 0 Å². The second-order valence-corrected chi connectivity index (χ2v) is 18.2. The number of hydrogen-bond donors (Lipinski definition) is 3. The van der Waals surface area contributed by atoms with Gasteiger partial charge in [0.2, 0.25) is 5.91 Å². The van der Waals surface area contributed by atoms with Crippen molar-refractivity contribution in [2.75, 3.05) is 6.61 Å². The molecule has 0 heterocycles. The summed E-state index contributed by atoms with van der Waals surface area (Å²) < 4.78 is 5.93. The molecular weight excluding hydrogens is 755 g/mol. The van der Waals surface area contributed by atoms with Gasteiger partial charge in [-0.1, -0.05) is 224 Å². The number of aliphatic hydroxyl groups is 2. The first-order chi connectivity index (χ1) is 30.0. The van der Waals surface area contributed by atoms with Crippen LogP contribution in [0.4, 0.5) is 0 Å². The molecule has 0 aromatic heterocycles. The monoisotopic (exact) mass is 858 g/mol. The highest BCUT2D eigenvalue weighted by atomic mass is 16.5. The van der Waals surface area contributed by atoms with Gasteiger partial charge in [0.15, 0.2) is 0 Å². The van der Waals surface area contributed by atoms with Gasteiger partial charge in [-0.25, -0.2) is 0 Å². The van der Waals surface area contributed by atoms with Crippen LogP contribution in [0.2, 0.25) is 0 Å². The zero-order valence-electron chi connectivity index (χ0n) is 40.8. The minimum atomic E-state index is -0.790. The van der Waals surface area contributed by atoms with E-state index in [0.29, 0.717) is 19.3 Å². The summed E-state index contributed by atoms with van der Waals surface area (Å²) in [5.41, 5.74) is 0. The first-order valence-corrected chi connectivity index (χ1v) is 26.7. The highest BCUT2D eigenvalue weighted by Crippen LogP contribution is 2.18. The van der Waals surface area contributed by atoms with Gasteiger partial charge < -0.3 is 20.3 Å². The molecule has 0 aromatic rings. The fraction of sp³-hybridized carbons (Fsp3) is 0.855. The SMILES string of the molecule is CC/C=C/C/C=C/CCCCCCCCCC(=O)OC(CCCCC/C=C/CCCCCCCCCCC)CC(=O)NC(CO)C(O)CCCCCCCCCCCCCC. The van der Waals surface area contributed by atoms with E-state index in [-0.39, 0.29) is 24.9 Å². The molecule has 0 aliphatic carbocycles. The predicted molar refractivity (Wildman–Crippen MR) is 264 cm³/mol. The van der Waals surface area contributed by atoms with Crippen molar-refractivity contribution in [2.45, 2.75) is 296 Å². The molecule has 6 nitrogen and oxygen atoms in total. The molecule has 0 rings (SSSR count). The minimum Gasteiger partial charge on any atom is -0.462 e. The largest absolute Gasteiger partial charge is 0.462 e. The fourth-order valence-electron chi connectivity index (χ4n) is 8.17. The van der Waals surface area contributed by atoms with E-state index in [0.717, 1.165) is 83.5 Å². The molecule has 358 valence electrons. The Hall–Kier alpha value is -1.92. The van der Waals surface area contributed by atoms with Gasteiger partial charge in [0, 0.05) is 6.42 Å². The van der Waals surface area contributed by atoms with Crippen LogP contribution in [0.5, 0.6) is 0 Å². The van der Waals surface area contributed by atoms with E-state index < -0.39 is 18.2 Å². The number of unbranched alkanes of at least 4 members (excludes halogenated alkanes) is 30. The van der Waals surface area contributed by atoms with Crippen LogP contribution in [-0.4, -0.2) is 46.9 Å². The highest BCUT2D eigenvalue weighted by Gasteiger charge is 2.24. The van der Waals surface area contributed by atoms with Gasteiger partial charge in [-0.2, -0.15) is 0 Å². The van der Waals surface area contributed by atoms with Gasteiger partial charge in [0.05, 0.1) is 25.2 Å². The summed E-state index contributed by atoms with van der Waals surface area (Å²) in [5.74, 6) is -0.489. The van der Waals surface area contributed by atoms with Gasteiger partial charge in [-0.3, -0.25) is 9.59 Å². The molecule has 0 radical (unpaired) electrons. The number of nitrogens with one attached hydrogen (secondary N) is 1. The molecule has 6 heteroatoms. The van der Waals surface area contributed by atoms with Gasteiger partial charge in [-0.15, -0.1) is 0 Å². The summed E-state index contributed by atoms with van der Waals surface area (Å²) in [6.45, 7) is 6.39. The summed E-state index contributed by atoms with van der Waals surface area (Å²) in [6, 6.07) is -0.705. The molecule has 0 aromatic carbocycles. The normalized spacial score (nSPS) is 13.5. The Balaban J connectivity index is 4.59. The van der Waals surface area contributed by atoms with E-state index >= 15 is 0 Å². The number of esters is 1. The van der Waals surface area contributed by atoms with Gasteiger partial charge >= 0.3 is 5.97 Å². The Morgan fingerprint density at radius 2 is 0.885 bits per heavy atom. The number of amides is 1. The fourth-order valence-corrected chi connectivity index (χ4v) is 8.17. The molecule has 0 aliphatic heterocycles. The lowest BCUT2D eigenvalue weighted by Gasteiger charge is -2.24. The summed E-state index contributed by atoms with van der Waals surface area (Å²) >= 11 is 0. The summed E-state index contributed by atoms with van der Waals surface area (Å²) in [5, 5.41) is 23.8. The van der Waals surface area contributed by atoms with Crippen molar-refractivity contribution in [3.05, 3.63) is 36.5 Å². The lowest BCUT2D eigenvalue weighted by molar-refractivity contribution is -0.151. The van der Waals surface area contributed by atoms with Crippen LogP contribution in [0.25, 0.3) is 0 Å². The van der Waals surface area contributed by atoms with Crippen molar-refractivity contribution in [1.29, 1.82) is 0 Å². The quantitative estimate of drug-likeness (QED) is 0.0322. The zero-order valence-corrected chi connectivity index (χ0v) is 40.8. The van der Waals surface area contributed by atoms with E-state index in [1.165, 1.54) is 148 Å². The van der Waals surface area contributed by atoms with E-state index in [4.69, 9.17) is 4.74 Å². The van der Waals surface area contributed by atoms with Crippen LogP contribution in [0.3, 0.4) is 0 Å². The number of rotatable bonds is 48. The minimum absolute atomic E-state index is 0.0663. The second-order valence-electron chi connectivity index (χ2n) is 18.2. The van der Waals surface area contributed by atoms with Gasteiger partial charge in [0.1, 0.15) is 6.10 Å². The summed E-state index contributed by atoms with van der Waals surface area (Å²) in [6.07, 6.45) is 57.8. The molecule has 0 bridgehead atoms. The van der Waals surface area contributed by atoms with E-state index in [9.17, 15) is 19.8 Å². The molecule has 3 atom stereocenters. The van der Waals surface area contributed by atoms with Crippen LogP contribution in [0, 0.1) is 0 Å². The highest BCUT2D eigenvalue weighted by molar-refractivity contribution is 5.77. The van der Waals surface area contributed by atoms with Crippen LogP contribution in [0.15, 0.2) is 36.5 Å². The van der Waals surface area contributed by atoms with Gasteiger partial charge in [0.25, 0.3) is 0 Å². The van der Waals surface area contributed by atoms with Crippen LogP contribution < -0.4 is 5.32 Å². The maximum absolute atomic E-state index is 13.2. The molecule has 1 amide bonds. The standard InChI is InChI=1S/C55H103NO5/c1-4-7-10-13-16-19-22-25-27-28-29-31-34-37-40-43-46-51(61-55(60)48-45-42-39-36-33-30-26-23-20-17-14-11-8-5-2)49-54(59)56-52(50-57)53(58)47-44-41-38-35-32-24-21-18-15-12-9-6-3/h8,11,17,20,29,31,51-53,57-58H,4-7,9-10,12-16,18-19,21-28,30,32-50H2,1-3H3,(H,56,59)/b11-8+,20-17+,31-29+. The third kappa shape index (κ3) is 44.5. The third-order valence-electron chi connectivity index (χ3n) is 12.2. The molecule has 3 unspecified atom stereocenters. The Kier molecular flexibility index (Phi) is 47.6. The number of ether oxygens (including phenoxy) is 1. The Morgan fingerprint density at radius 1 is 0.492 bits per heavy atom. The number of carbonyl (C=O) groups is 2. The van der Waals surface area contributed by atoms with Crippen molar-refractivity contribution >= 4 is 11.9 Å². The Bertz CT molecular complexity index is 1010. The zero-order chi connectivity index (χ0) is 44.5. The van der Waals surface area contributed by atoms with E-state index in [1.54, 1.807) is 0 Å². The molecule has 3 N–H and O–H groups in total. The number of allylic oxidation sites excluding steroid dienone is 6. The molecule has 0 aliphatic rings. The van der Waals surface area contributed by atoms with Crippen molar-refractivity contribution in [1.82, 2.24) is 5.32 Å².